The van der Waals surface area contributed by atoms with E-state index in [1.807, 2.05) is 18.4 Å². The molecule has 2 amide bonds. The lowest BCUT2D eigenvalue weighted by molar-refractivity contribution is -0.272. The number of amides is 2. The Hall–Kier alpha value is -2.07. The highest BCUT2D eigenvalue weighted by Crippen LogP contribution is 2.40. The van der Waals surface area contributed by atoms with Gasteiger partial charge in [-0.1, -0.05) is 0 Å². The summed E-state index contributed by atoms with van der Waals surface area (Å²) in [4.78, 5) is 16.3. The molecule has 10 heteroatoms. The van der Waals surface area contributed by atoms with Crippen molar-refractivity contribution in [2.24, 2.45) is 7.05 Å². The summed E-state index contributed by atoms with van der Waals surface area (Å²) in [6.07, 6.45) is -3.17. The van der Waals surface area contributed by atoms with Crippen LogP contribution in [0.25, 0.3) is 0 Å². The number of aromatic nitrogens is 2. The number of aryl methyl sites for hydroxylation is 2. The molecule has 2 heterocycles. The molecule has 2 aromatic rings. The first-order chi connectivity index (χ1) is 11.6. The van der Waals surface area contributed by atoms with Crippen LogP contribution in [0.5, 0.6) is 0 Å². The molecule has 0 saturated carbocycles. The van der Waals surface area contributed by atoms with E-state index in [9.17, 15) is 23.1 Å². The molecule has 0 radical (unpaired) electrons. The number of urea groups is 1. The van der Waals surface area contributed by atoms with E-state index >= 15 is 0 Å². The molecule has 0 bridgehead atoms. The number of nitrogens with zero attached hydrogens (tertiary/aromatic N) is 2. The zero-order valence-corrected chi connectivity index (χ0v) is 14.5. The Morgan fingerprint density at radius 1 is 1.40 bits per heavy atom. The van der Waals surface area contributed by atoms with E-state index in [0.29, 0.717) is 0 Å². The molecule has 2 rings (SSSR count). The average Bonchev–Trinajstić information content (AvgIpc) is 3.12. The van der Waals surface area contributed by atoms with Gasteiger partial charge in [0.15, 0.2) is 0 Å². The number of nitrogens with one attached hydrogen (secondary N) is 2. The van der Waals surface area contributed by atoms with Gasteiger partial charge >= 0.3 is 12.2 Å². The summed E-state index contributed by atoms with van der Waals surface area (Å²) in [5.74, 6) is -0.517. The van der Waals surface area contributed by atoms with Gasteiger partial charge in [0.05, 0.1) is 6.54 Å². The van der Waals surface area contributed by atoms with E-state index in [0.717, 1.165) is 15.0 Å². The molecular formula is C15H19F3N4O2S. The third-order valence-electron chi connectivity index (χ3n) is 3.81. The largest absolute Gasteiger partial charge is 0.424 e. The summed E-state index contributed by atoms with van der Waals surface area (Å²) >= 11 is 1.48. The highest BCUT2D eigenvalue weighted by atomic mass is 32.1. The first kappa shape index (κ1) is 19.3. The van der Waals surface area contributed by atoms with Gasteiger partial charge in [-0.3, -0.25) is 0 Å². The lowest BCUT2D eigenvalue weighted by Crippen LogP contribution is -2.47. The number of carbonyl (C=O) groups excluding carboxylic acids is 1. The maximum Gasteiger partial charge on any atom is 0.424 e. The van der Waals surface area contributed by atoms with Crippen molar-refractivity contribution in [1.82, 2.24) is 20.2 Å². The fraction of sp³-hybridized carbons (Fsp3) is 0.467. The lowest BCUT2D eigenvalue weighted by Gasteiger charge is -2.29. The molecule has 6 nitrogen and oxygen atoms in total. The van der Waals surface area contributed by atoms with Gasteiger partial charge in [-0.25, -0.2) is 9.78 Å². The molecule has 3 N–H and O–H groups in total. The first-order valence-corrected chi connectivity index (χ1v) is 8.34. The van der Waals surface area contributed by atoms with Crippen molar-refractivity contribution in [3.63, 3.8) is 0 Å². The summed E-state index contributed by atoms with van der Waals surface area (Å²) in [6, 6.07) is 1.31. The van der Waals surface area contributed by atoms with Crippen LogP contribution >= 0.6 is 11.3 Å². The summed E-state index contributed by atoms with van der Waals surface area (Å²) in [5, 5.41) is 16.9. The van der Waals surface area contributed by atoms with E-state index in [-0.39, 0.29) is 13.1 Å². The van der Waals surface area contributed by atoms with Crippen LogP contribution in [0.3, 0.4) is 0 Å². The zero-order valence-electron chi connectivity index (χ0n) is 13.7. The second-order valence-corrected chi connectivity index (χ2v) is 6.61. The van der Waals surface area contributed by atoms with Gasteiger partial charge in [-0.15, -0.1) is 11.3 Å². The van der Waals surface area contributed by atoms with Gasteiger partial charge in [0.25, 0.3) is 0 Å². The van der Waals surface area contributed by atoms with Crippen LogP contribution in [-0.2, 0) is 19.2 Å². The number of alkyl halides is 3. The van der Waals surface area contributed by atoms with Crippen molar-refractivity contribution in [3.8, 4) is 0 Å². The quantitative estimate of drug-likeness (QED) is 0.725. The van der Waals surface area contributed by atoms with Gasteiger partial charge in [0, 0.05) is 37.3 Å². The van der Waals surface area contributed by atoms with E-state index in [2.05, 4.69) is 15.6 Å². The van der Waals surface area contributed by atoms with Crippen molar-refractivity contribution >= 4 is 17.4 Å². The second-order valence-electron chi connectivity index (χ2n) is 5.61. The molecular weight excluding hydrogens is 357 g/mol. The number of aliphatic hydroxyl groups is 1. The highest BCUT2D eigenvalue weighted by Gasteiger charge is 2.57. The highest BCUT2D eigenvalue weighted by molar-refractivity contribution is 7.10. The van der Waals surface area contributed by atoms with Gasteiger partial charge < -0.3 is 20.3 Å². The molecule has 25 heavy (non-hydrogen) atoms. The van der Waals surface area contributed by atoms with Gasteiger partial charge in [-0.05, 0) is 23.9 Å². The molecule has 138 valence electrons. The lowest BCUT2D eigenvalue weighted by atomic mass is 9.97. The molecule has 0 aliphatic carbocycles. The van der Waals surface area contributed by atoms with Crippen LogP contribution in [0.2, 0.25) is 0 Å². The number of hydrogen-bond donors (Lipinski definition) is 3. The molecule has 0 aliphatic heterocycles. The third-order valence-corrected chi connectivity index (χ3v) is 4.83. The fourth-order valence-corrected chi connectivity index (χ4v) is 3.16. The van der Waals surface area contributed by atoms with Gasteiger partial charge in [-0.2, -0.15) is 13.2 Å². The van der Waals surface area contributed by atoms with Crippen molar-refractivity contribution < 1.29 is 23.1 Å². The Labute approximate surface area is 146 Å². The minimum absolute atomic E-state index is 0.290. The summed E-state index contributed by atoms with van der Waals surface area (Å²) in [6.45, 7) is 1.83. The first-order valence-electron chi connectivity index (χ1n) is 7.46. The SMILES string of the molecule is Cc1ccsc1CNC(=O)NCCC(O)(c1nccn1C)C(F)(F)F. The summed E-state index contributed by atoms with van der Waals surface area (Å²) in [7, 11) is 1.36. The van der Waals surface area contributed by atoms with E-state index in [1.54, 1.807) is 0 Å². The second kappa shape index (κ2) is 7.44. The van der Waals surface area contributed by atoms with Crippen LogP contribution < -0.4 is 10.6 Å². The normalized spacial score (nSPS) is 14.2. The summed E-state index contributed by atoms with van der Waals surface area (Å²) in [5.41, 5.74) is -2.10. The van der Waals surface area contributed by atoms with Gasteiger partial charge in [0.1, 0.15) is 5.82 Å². The Balaban J connectivity index is 1.92. The van der Waals surface area contributed by atoms with Gasteiger partial charge in [0.2, 0.25) is 5.60 Å². The number of thiophene rings is 1. The molecule has 0 saturated heterocycles. The van der Waals surface area contributed by atoms with Crippen molar-refractivity contribution in [3.05, 3.63) is 40.1 Å². The molecule has 0 aliphatic rings. The predicted octanol–water partition coefficient (Wildman–Crippen LogP) is 2.43. The number of halogens is 3. The van der Waals surface area contributed by atoms with E-state index in [1.165, 1.54) is 30.8 Å². The van der Waals surface area contributed by atoms with Crippen LogP contribution in [0.15, 0.2) is 23.8 Å². The van der Waals surface area contributed by atoms with Crippen molar-refractivity contribution in [2.75, 3.05) is 6.54 Å². The Kier molecular flexibility index (Phi) is 5.73. The fourth-order valence-electron chi connectivity index (χ4n) is 2.31. The minimum Gasteiger partial charge on any atom is -0.374 e. The molecule has 0 spiro atoms. The topological polar surface area (TPSA) is 79.2 Å². The number of hydrogen-bond acceptors (Lipinski definition) is 4. The van der Waals surface area contributed by atoms with Crippen LogP contribution in [-0.4, -0.2) is 33.4 Å². The molecule has 0 aromatic carbocycles. The molecule has 2 aromatic heterocycles. The number of rotatable bonds is 6. The van der Waals surface area contributed by atoms with Crippen LogP contribution in [0.4, 0.5) is 18.0 Å². The van der Waals surface area contributed by atoms with Crippen molar-refractivity contribution in [2.45, 2.75) is 31.7 Å². The monoisotopic (exact) mass is 376 g/mol. The third kappa shape index (κ3) is 4.31. The molecule has 0 fully saturated rings. The maximum atomic E-state index is 13.3. The summed E-state index contributed by atoms with van der Waals surface area (Å²) < 4.78 is 41.1. The molecule has 1 unspecified atom stereocenters. The van der Waals surface area contributed by atoms with Crippen molar-refractivity contribution in [1.29, 1.82) is 0 Å². The Morgan fingerprint density at radius 3 is 2.64 bits per heavy atom. The smallest absolute Gasteiger partial charge is 0.374 e. The van der Waals surface area contributed by atoms with E-state index in [4.69, 9.17) is 0 Å². The van der Waals surface area contributed by atoms with E-state index < -0.39 is 30.1 Å². The Morgan fingerprint density at radius 2 is 2.12 bits per heavy atom. The number of imidazole rings is 1. The predicted molar refractivity (Wildman–Crippen MR) is 87.1 cm³/mol. The maximum absolute atomic E-state index is 13.3. The van der Waals surface area contributed by atoms with Crippen LogP contribution in [0.1, 0.15) is 22.7 Å². The average molecular weight is 376 g/mol. The standard InChI is InChI=1S/C15H19F3N4O2S/c1-10-3-8-25-11(10)9-21-13(23)20-5-4-14(24,15(16,17)18)12-19-6-7-22(12)2/h3,6-8,24H,4-5,9H2,1-2H3,(H2,20,21,23). The minimum atomic E-state index is -4.92. The zero-order chi connectivity index (χ0) is 18.7. The molecule has 1 atom stereocenters. The van der Waals surface area contributed by atoms with Crippen LogP contribution in [0, 0.1) is 6.92 Å². The Bertz CT molecular complexity index is 728. The number of carbonyl (C=O) groups is 1.